The van der Waals surface area contributed by atoms with Crippen LogP contribution in [0.1, 0.15) is 194 Å². The predicted molar refractivity (Wildman–Crippen MR) is 282 cm³/mol. The molecule has 0 aliphatic heterocycles. The van der Waals surface area contributed by atoms with Crippen molar-refractivity contribution in [2.24, 2.45) is 0 Å². The smallest absolute Gasteiger partial charge is 0.332 e. The number of methoxy groups -OCH3 is 1. The number of ether oxygens (including phenoxy) is 9. The lowest BCUT2D eigenvalue weighted by molar-refractivity contribution is -0.155. The van der Waals surface area contributed by atoms with E-state index in [0.717, 1.165) is 25.7 Å². The van der Waals surface area contributed by atoms with Crippen molar-refractivity contribution in [2.45, 2.75) is 200 Å². The largest absolute Gasteiger partial charge is 0.463 e. The minimum absolute atomic E-state index is 0.000263. The second-order valence-electron chi connectivity index (χ2n) is 18.2. The zero-order valence-corrected chi connectivity index (χ0v) is 45.1. The normalized spacial score (nSPS) is 12.1. The van der Waals surface area contributed by atoms with Gasteiger partial charge in [0.05, 0.1) is 59.3 Å². The fourth-order valence-corrected chi connectivity index (χ4v) is 7.34. The molecule has 0 saturated carbocycles. The number of hydrogen-bond donors (Lipinski definition) is 2. The number of allylic oxidation sites excluding steroid dienone is 4. The van der Waals surface area contributed by atoms with Gasteiger partial charge < -0.3 is 53.3 Å². The predicted octanol–water partition coefficient (Wildman–Crippen LogP) is 11.0. The first-order valence-electron chi connectivity index (χ1n) is 28.1. The van der Waals surface area contributed by atoms with Crippen LogP contribution in [0.15, 0.2) is 24.3 Å². The maximum atomic E-state index is 12.5. The van der Waals surface area contributed by atoms with Crippen LogP contribution in [0.5, 0.6) is 0 Å². The van der Waals surface area contributed by atoms with E-state index in [1.807, 2.05) is 0 Å². The number of carbonyl (C=O) groups excluding carboxylic acids is 3. The Morgan fingerprint density at radius 2 is 0.800 bits per heavy atom. The summed E-state index contributed by atoms with van der Waals surface area (Å²) < 4.78 is 49.2. The number of nitrogens with one attached hydrogen (secondary N) is 2. The Balaban J connectivity index is 4.16. The third kappa shape index (κ3) is 56.5. The monoisotopic (exact) mass is 999 g/mol. The van der Waals surface area contributed by atoms with Gasteiger partial charge in [-0.3, -0.25) is 9.59 Å². The van der Waals surface area contributed by atoms with Gasteiger partial charge in [0.25, 0.3) is 0 Å². The molecule has 0 aromatic carbocycles. The molecule has 0 bridgehead atoms. The van der Waals surface area contributed by atoms with E-state index in [2.05, 4.69) is 48.8 Å². The lowest BCUT2D eigenvalue weighted by Gasteiger charge is -2.18. The van der Waals surface area contributed by atoms with Gasteiger partial charge in [0.2, 0.25) is 0 Å². The molecule has 0 radical (unpaired) electrons. The van der Waals surface area contributed by atoms with Crippen LogP contribution in [0.2, 0.25) is 0 Å². The summed E-state index contributed by atoms with van der Waals surface area (Å²) in [4.78, 5) is 35.9. The fourth-order valence-electron chi connectivity index (χ4n) is 7.34. The molecular weight excluding hydrogens is 893 g/mol. The number of rotatable bonds is 58. The Morgan fingerprint density at radius 1 is 0.386 bits per heavy atom. The van der Waals surface area contributed by atoms with Crippen molar-refractivity contribution >= 4 is 17.9 Å². The van der Waals surface area contributed by atoms with Crippen LogP contribution in [-0.2, 0) is 57.0 Å². The van der Waals surface area contributed by atoms with Gasteiger partial charge in [-0.2, -0.15) is 0 Å². The molecule has 70 heavy (non-hydrogen) atoms. The molecule has 0 aromatic heterocycles. The maximum Gasteiger partial charge on any atom is 0.332 e. The zero-order valence-electron chi connectivity index (χ0n) is 45.1. The topological polar surface area (TPSA) is 158 Å². The molecule has 0 fully saturated rings. The Bertz CT molecular complexity index is 1160. The third-order valence-corrected chi connectivity index (χ3v) is 11.6. The second kappa shape index (κ2) is 59.1. The van der Waals surface area contributed by atoms with Crippen LogP contribution in [0.4, 0.5) is 0 Å². The molecule has 1 atom stereocenters. The molecule has 0 saturated heterocycles. The summed E-state index contributed by atoms with van der Waals surface area (Å²) in [5.74, 6) is -1.25. The second-order valence-corrected chi connectivity index (χ2v) is 18.2. The Morgan fingerprint density at radius 3 is 1.30 bits per heavy atom. The number of esters is 3. The van der Waals surface area contributed by atoms with Gasteiger partial charge in [0.15, 0.2) is 0 Å². The summed E-state index contributed by atoms with van der Waals surface area (Å²) in [7, 11) is 1.59. The molecule has 412 valence electrons. The lowest BCUT2D eigenvalue weighted by Crippen LogP contribution is -2.31. The summed E-state index contributed by atoms with van der Waals surface area (Å²) in [6.45, 7) is 9.39. The molecule has 14 heteroatoms. The van der Waals surface area contributed by atoms with Crippen LogP contribution < -0.4 is 10.6 Å². The van der Waals surface area contributed by atoms with E-state index in [4.69, 9.17) is 42.6 Å². The highest BCUT2D eigenvalue weighted by molar-refractivity contribution is 5.72. The summed E-state index contributed by atoms with van der Waals surface area (Å²) in [6.07, 6.45) is 44.7. The Kier molecular flexibility index (Phi) is 57.1. The molecule has 0 aliphatic rings. The van der Waals surface area contributed by atoms with E-state index in [-0.39, 0.29) is 64.8 Å². The Hall–Kier alpha value is -2.43. The Labute approximate surface area is 427 Å². The van der Waals surface area contributed by atoms with Crippen molar-refractivity contribution in [2.75, 3.05) is 119 Å². The molecule has 0 aromatic rings. The molecule has 0 amide bonds. The van der Waals surface area contributed by atoms with Gasteiger partial charge in [-0.1, -0.05) is 154 Å². The third-order valence-electron chi connectivity index (χ3n) is 11.6. The van der Waals surface area contributed by atoms with Crippen molar-refractivity contribution in [3.63, 3.8) is 0 Å². The molecule has 2 N–H and O–H groups in total. The first-order chi connectivity index (χ1) is 34.5. The van der Waals surface area contributed by atoms with Crippen molar-refractivity contribution in [1.82, 2.24) is 10.6 Å². The van der Waals surface area contributed by atoms with Gasteiger partial charge >= 0.3 is 17.9 Å². The van der Waals surface area contributed by atoms with E-state index in [9.17, 15) is 14.4 Å². The fraction of sp³-hybridized carbons (Fsp3) is 0.875. The molecule has 1 unspecified atom stereocenters. The quantitative estimate of drug-likeness (QED) is 0.0257. The number of unbranched alkanes of at least 4 members (excludes halogenated alkanes) is 24. The molecule has 0 aliphatic carbocycles. The van der Waals surface area contributed by atoms with Gasteiger partial charge in [-0.15, -0.1) is 0 Å². The summed E-state index contributed by atoms with van der Waals surface area (Å²) in [6, 6.07) is 0. The van der Waals surface area contributed by atoms with E-state index < -0.39 is 11.9 Å². The highest BCUT2D eigenvalue weighted by Crippen LogP contribution is 2.12. The van der Waals surface area contributed by atoms with Crippen LogP contribution in [-0.4, -0.2) is 143 Å². The molecule has 0 rings (SSSR count). The SMILES string of the molecule is CCCCCCCC/C=C\CCCCCCCCOCC(COC(=O)COCCOCCOCCOC(=O)CNCCOC(=O)CNCCOC)OCCCCCCCC/C=C\CCCCCCCC. The van der Waals surface area contributed by atoms with Gasteiger partial charge in [-0.25, -0.2) is 4.79 Å². The van der Waals surface area contributed by atoms with Crippen LogP contribution in [0.3, 0.4) is 0 Å². The zero-order chi connectivity index (χ0) is 50.7. The van der Waals surface area contributed by atoms with E-state index in [1.165, 1.54) is 154 Å². The minimum Gasteiger partial charge on any atom is -0.463 e. The first-order valence-corrected chi connectivity index (χ1v) is 28.1. The van der Waals surface area contributed by atoms with Gasteiger partial charge in [0.1, 0.15) is 32.5 Å². The van der Waals surface area contributed by atoms with E-state index in [0.29, 0.717) is 59.3 Å². The molecule has 0 heterocycles. The summed E-state index contributed by atoms with van der Waals surface area (Å²) >= 11 is 0. The maximum absolute atomic E-state index is 12.5. The molecule has 14 nitrogen and oxygen atoms in total. The van der Waals surface area contributed by atoms with E-state index >= 15 is 0 Å². The van der Waals surface area contributed by atoms with Crippen LogP contribution >= 0.6 is 0 Å². The standard InChI is InChI=1S/C56H106N2O12/c1-4-6-8-10-12-14-16-18-20-22-24-26-28-30-32-34-38-65-50-53(67-39-35-33-31-29-27-25-23-21-19-17-15-13-11-9-7-5-2)51-70-56(61)52-66-45-44-63-42-43-64-46-47-69-55(60)49-58-37-41-68-54(59)48-57-36-40-62-3/h18-21,53,57-58H,4-17,22-52H2,1-3H3/b20-18-,21-19-. The molecule has 0 spiro atoms. The molecular formula is C56H106N2O12. The first kappa shape index (κ1) is 67.6. The van der Waals surface area contributed by atoms with Crippen LogP contribution in [0.25, 0.3) is 0 Å². The summed E-state index contributed by atoms with van der Waals surface area (Å²) in [5, 5.41) is 5.77. The average Bonchev–Trinajstić information content (AvgIpc) is 3.36. The highest BCUT2D eigenvalue weighted by atomic mass is 16.6. The summed E-state index contributed by atoms with van der Waals surface area (Å²) in [5.41, 5.74) is 0. The van der Waals surface area contributed by atoms with Crippen LogP contribution in [0, 0.1) is 0 Å². The van der Waals surface area contributed by atoms with Crippen molar-refractivity contribution < 1.29 is 57.0 Å². The minimum atomic E-state index is -0.447. The van der Waals surface area contributed by atoms with Crippen molar-refractivity contribution in [1.29, 1.82) is 0 Å². The van der Waals surface area contributed by atoms with Gasteiger partial charge in [-0.05, 0) is 64.2 Å². The van der Waals surface area contributed by atoms with Crippen molar-refractivity contribution in [3.8, 4) is 0 Å². The van der Waals surface area contributed by atoms with E-state index in [1.54, 1.807) is 7.11 Å². The highest BCUT2D eigenvalue weighted by Gasteiger charge is 2.14. The van der Waals surface area contributed by atoms with Gasteiger partial charge in [0, 0.05) is 33.4 Å². The number of carbonyl (C=O) groups is 3. The average molecular weight is 999 g/mol. The lowest BCUT2D eigenvalue weighted by atomic mass is 10.1. The number of hydrogen-bond acceptors (Lipinski definition) is 14. The van der Waals surface area contributed by atoms with Crippen molar-refractivity contribution in [3.05, 3.63) is 24.3 Å².